The number of fused-ring (bicyclic) bond motifs is 3. The van der Waals surface area contributed by atoms with E-state index < -0.39 is 47.8 Å². The highest BCUT2D eigenvalue weighted by atomic mass is 16.6. The molecule has 4 amide bonds. The Morgan fingerprint density at radius 3 is 1.80 bits per heavy atom. The average Bonchev–Trinajstić information content (AvgIpc) is 3.47. The second-order valence-electron chi connectivity index (χ2n) is 14.0. The van der Waals surface area contributed by atoms with Gasteiger partial charge in [0, 0.05) is 19.0 Å². The molecule has 0 saturated heterocycles. The van der Waals surface area contributed by atoms with Crippen molar-refractivity contribution < 1.29 is 42.9 Å². The molecule has 3 aromatic carbocycles. The van der Waals surface area contributed by atoms with Crippen LogP contribution in [-0.2, 0) is 35.1 Å². The van der Waals surface area contributed by atoms with Gasteiger partial charge in [0.25, 0.3) is 0 Å². The second-order valence-corrected chi connectivity index (χ2v) is 14.0. The van der Waals surface area contributed by atoms with E-state index in [1.807, 2.05) is 78.9 Å². The Morgan fingerprint density at radius 2 is 1.20 bits per heavy atom. The van der Waals surface area contributed by atoms with Crippen LogP contribution in [0, 0.1) is 0 Å². The van der Waals surface area contributed by atoms with E-state index in [1.54, 1.807) is 20.8 Å². The fourth-order valence-electron chi connectivity index (χ4n) is 6.13. The maximum atomic E-state index is 13.6. The second kappa shape index (κ2) is 20.6. The Balaban J connectivity index is 1.31. The quantitative estimate of drug-likeness (QED) is 0.0659. The summed E-state index contributed by atoms with van der Waals surface area (Å²) in [6, 6.07) is 23.2. The molecule has 3 aromatic rings. The predicted molar refractivity (Wildman–Crippen MR) is 203 cm³/mol. The third kappa shape index (κ3) is 13.1. The molecule has 13 nitrogen and oxygen atoms in total. The number of methoxy groups -OCH3 is 1. The van der Waals surface area contributed by atoms with Crippen molar-refractivity contribution in [3.63, 3.8) is 0 Å². The average molecular weight is 745 g/mol. The lowest BCUT2D eigenvalue weighted by Crippen LogP contribution is -2.52. The molecule has 2 atom stereocenters. The molecular weight excluding hydrogens is 692 g/mol. The summed E-state index contributed by atoms with van der Waals surface area (Å²) >= 11 is 0. The molecule has 1 aliphatic rings. The first-order valence-electron chi connectivity index (χ1n) is 18.4. The number of ether oxygens (including phenoxy) is 4. The van der Waals surface area contributed by atoms with Gasteiger partial charge in [0.2, 0.25) is 5.91 Å². The molecule has 0 spiro atoms. The van der Waals surface area contributed by atoms with Crippen molar-refractivity contribution in [1.29, 1.82) is 0 Å². The molecule has 0 heterocycles. The minimum Gasteiger partial charge on any atom is -0.467 e. The molecule has 0 aromatic heterocycles. The van der Waals surface area contributed by atoms with Crippen LogP contribution in [0.4, 0.5) is 14.4 Å². The number of unbranched alkanes of at least 4 members (excludes halogenated alkanes) is 2. The van der Waals surface area contributed by atoms with E-state index in [-0.39, 0.29) is 32.0 Å². The summed E-state index contributed by atoms with van der Waals surface area (Å²) in [6.07, 6.45) is 0.488. The number of hydrogen-bond donors (Lipinski definition) is 4. The van der Waals surface area contributed by atoms with E-state index in [1.165, 1.54) is 7.11 Å². The smallest absolute Gasteiger partial charge is 0.407 e. The molecule has 1 unspecified atom stereocenters. The van der Waals surface area contributed by atoms with E-state index >= 15 is 0 Å². The maximum absolute atomic E-state index is 13.6. The lowest BCUT2D eigenvalue weighted by atomic mass is 9.98. The van der Waals surface area contributed by atoms with Crippen molar-refractivity contribution in [1.82, 2.24) is 21.3 Å². The number of esters is 1. The normalized spacial score (nSPS) is 13.0. The predicted octanol–water partition coefficient (Wildman–Crippen LogP) is 6.34. The Labute approximate surface area is 316 Å². The van der Waals surface area contributed by atoms with E-state index in [4.69, 9.17) is 18.9 Å². The fraction of sp³-hybridized carbons (Fsp3) is 0.439. The van der Waals surface area contributed by atoms with Crippen LogP contribution in [0.2, 0.25) is 0 Å². The standard InChI is InChI=1S/C41H52N4O9/c1-41(2,3)54-39(49)43-25-14-12-22-34(45-40(50)53-27-33-31-20-10-8-18-29(31)30-19-9-11-21-32(30)33)36(46)44-35(37(47)51-4)23-13-15-24-42-38(48)52-26-28-16-6-5-7-17-28/h5-11,16-21,33-35H,12-15,22-27H2,1-4H3,(H,42,48)(H,43,49)(H,44,46)(H,45,50)/t34?,35-/m0/s1. The highest BCUT2D eigenvalue weighted by Gasteiger charge is 2.31. The van der Waals surface area contributed by atoms with Crippen molar-refractivity contribution in [3.8, 4) is 11.1 Å². The first-order valence-corrected chi connectivity index (χ1v) is 18.4. The molecule has 4 N–H and O–H groups in total. The summed E-state index contributed by atoms with van der Waals surface area (Å²) in [4.78, 5) is 63.7. The minimum absolute atomic E-state index is 0.0621. The Bertz CT molecular complexity index is 1660. The van der Waals surface area contributed by atoms with E-state index in [0.717, 1.165) is 27.8 Å². The van der Waals surface area contributed by atoms with Crippen molar-refractivity contribution >= 4 is 30.2 Å². The molecule has 54 heavy (non-hydrogen) atoms. The Hall–Kier alpha value is -5.59. The third-order valence-corrected chi connectivity index (χ3v) is 8.74. The van der Waals surface area contributed by atoms with Crippen LogP contribution in [0.15, 0.2) is 78.9 Å². The van der Waals surface area contributed by atoms with Crippen molar-refractivity contribution in [2.45, 2.75) is 89.5 Å². The lowest BCUT2D eigenvalue weighted by molar-refractivity contribution is -0.145. The van der Waals surface area contributed by atoms with Gasteiger partial charge in [0.05, 0.1) is 7.11 Å². The van der Waals surface area contributed by atoms with Crippen molar-refractivity contribution in [2.75, 3.05) is 26.8 Å². The van der Waals surface area contributed by atoms with Gasteiger partial charge in [-0.05, 0) is 87.1 Å². The summed E-state index contributed by atoms with van der Waals surface area (Å²) in [7, 11) is 1.23. The topological polar surface area (TPSA) is 170 Å². The first kappa shape index (κ1) is 41.2. The third-order valence-electron chi connectivity index (χ3n) is 8.74. The molecule has 290 valence electrons. The van der Waals surface area contributed by atoms with Gasteiger partial charge in [-0.3, -0.25) is 4.79 Å². The molecule has 0 saturated carbocycles. The van der Waals surface area contributed by atoms with Gasteiger partial charge < -0.3 is 40.2 Å². The number of amides is 4. The zero-order valence-corrected chi connectivity index (χ0v) is 31.5. The summed E-state index contributed by atoms with van der Waals surface area (Å²) in [5.74, 6) is -1.39. The fourth-order valence-corrected chi connectivity index (χ4v) is 6.13. The molecule has 0 bridgehead atoms. The largest absolute Gasteiger partial charge is 0.467 e. The van der Waals surface area contributed by atoms with Crippen LogP contribution < -0.4 is 21.3 Å². The van der Waals surface area contributed by atoms with Gasteiger partial charge in [-0.25, -0.2) is 19.2 Å². The van der Waals surface area contributed by atoms with Gasteiger partial charge >= 0.3 is 24.2 Å². The molecule has 0 fully saturated rings. The number of rotatable bonds is 18. The zero-order valence-electron chi connectivity index (χ0n) is 31.5. The van der Waals surface area contributed by atoms with Gasteiger partial charge in [-0.2, -0.15) is 0 Å². The summed E-state index contributed by atoms with van der Waals surface area (Å²) < 4.78 is 21.2. The van der Waals surface area contributed by atoms with Gasteiger partial charge in [-0.1, -0.05) is 78.9 Å². The highest BCUT2D eigenvalue weighted by Crippen LogP contribution is 2.44. The molecular formula is C41H52N4O9. The lowest BCUT2D eigenvalue weighted by Gasteiger charge is -2.23. The maximum Gasteiger partial charge on any atom is 0.407 e. The SMILES string of the molecule is COC(=O)[C@H](CCCCNC(=O)OCc1ccccc1)NC(=O)C(CCCCNC(=O)OC(C)(C)C)NC(=O)OCC1c2ccccc2-c2ccccc21. The van der Waals surface area contributed by atoms with Crippen molar-refractivity contribution in [3.05, 3.63) is 95.6 Å². The number of alkyl carbamates (subject to hydrolysis) is 3. The number of carbonyl (C=O) groups is 5. The first-order chi connectivity index (χ1) is 25.9. The van der Waals surface area contributed by atoms with Crippen LogP contribution >= 0.6 is 0 Å². The Morgan fingerprint density at radius 1 is 0.648 bits per heavy atom. The van der Waals surface area contributed by atoms with Crippen LogP contribution in [0.3, 0.4) is 0 Å². The highest BCUT2D eigenvalue weighted by molar-refractivity contribution is 5.89. The number of carbonyl (C=O) groups excluding carboxylic acids is 5. The monoisotopic (exact) mass is 744 g/mol. The van der Waals surface area contributed by atoms with Crippen LogP contribution in [0.1, 0.15) is 81.9 Å². The molecule has 0 radical (unpaired) electrons. The molecule has 13 heteroatoms. The van der Waals surface area contributed by atoms with Crippen LogP contribution in [-0.4, -0.2) is 74.6 Å². The van der Waals surface area contributed by atoms with Gasteiger partial charge in [0.1, 0.15) is 30.9 Å². The summed E-state index contributed by atoms with van der Waals surface area (Å²) in [5.41, 5.74) is 4.52. The minimum atomic E-state index is -1.05. The van der Waals surface area contributed by atoms with Crippen LogP contribution in [0.5, 0.6) is 0 Å². The van der Waals surface area contributed by atoms with E-state index in [0.29, 0.717) is 38.8 Å². The molecule has 1 aliphatic carbocycles. The number of hydrogen-bond acceptors (Lipinski definition) is 9. The molecule has 0 aliphatic heterocycles. The van der Waals surface area contributed by atoms with E-state index in [2.05, 4.69) is 21.3 Å². The van der Waals surface area contributed by atoms with Crippen LogP contribution in [0.25, 0.3) is 11.1 Å². The van der Waals surface area contributed by atoms with Gasteiger partial charge in [-0.15, -0.1) is 0 Å². The molecule has 4 rings (SSSR count). The van der Waals surface area contributed by atoms with Gasteiger partial charge in [0.15, 0.2) is 0 Å². The van der Waals surface area contributed by atoms with E-state index in [9.17, 15) is 24.0 Å². The summed E-state index contributed by atoms with van der Waals surface area (Å²) in [6.45, 7) is 6.13. The summed E-state index contributed by atoms with van der Waals surface area (Å²) in [5, 5.41) is 10.8. The number of benzene rings is 3. The Kier molecular flexibility index (Phi) is 15.7. The number of nitrogens with one attached hydrogen (secondary N) is 4. The zero-order chi connectivity index (χ0) is 38.9. The van der Waals surface area contributed by atoms with Crippen molar-refractivity contribution in [2.24, 2.45) is 0 Å².